The molecule has 0 aliphatic heterocycles. The molecule has 6 rings (SSSR count). The van der Waals surface area contributed by atoms with Gasteiger partial charge in [0.15, 0.2) is 0 Å². The summed E-state index contributed by atoms with van der Waals surface area (Å²) >= 11 is 1.90. The molecule has 26 heavy (non-hydrogen) atoms. The summed E-state index contributed by atoms with van der Waals surface area (Å²) < 4.78 is 2.75. The van der Waals surface area contributed by atoms with E-state index in [0.717, 1.165) is 0 Å². The molecule has 0 saturated heterocycles. The van der Waals surface area contributed by atoms with Gasteiger partial charge in [0.05, 0.1) is 5.52 Å². The maximum Gasteiger partial charge on any atom is 0.0545 e. The Morgan fingerprint density at radius 2 is 1.23 bits per heavy atom. The van der Waals surface area contributed by atoms with Crippen LogP contribution in [0.25, 0.3) is 52.8 Å². The molecule has 2 heterocycles. The van der Waals surface area contributed by atoms with Crippen LogP contribution in [0.5, 0.6) is 0 Å². The number of aryl methyl sites for hydroxylation is 2. The van der Waals surface area contributed by atoms with Gasteiger partial charge in [-0.2, -0.15) is 0 Å². The first-order chi connectivity index (χ1) is 12.7. The molecule has 0 saturated carbocycles. The van der Waals surface area contributed by atoms with Gasteiger partial charge in [0.1, 0.15) is 0 Å². The van der Waals surface area contributed by atoms with Gasteiger partial charge in [-0.25, -0.2) is 0 Å². The summed E-state index contributed by atoms with van der Waals surface area (Å²) in [6.45, 7) is 4.32. The van der Waals surface area contributed by atoms with E-state index >= 15 is 0 Å². The molecule has 1 nitrogen and oxygen atoms in total. The highest BCUT2D eigenvalue weighted by atomic mass is 32.1. The van der Waals surface area contributed by atoms with Crippen molar-refractivity contribution < 1.29 is 0 Å². The van der Waals surface area contributed by atoms with E-state index in [0.29, 0.717) is 0 Å². The zero-order valence-electron chi connectivity index (χ0n) is 14.7. The topological polar surface area (TPSA) is 15.8 Å². The van der Waals surface area contributed by atoms with Crippen molar-refractivity contribution in [1.82, 2.24) is 4.98 Å². The summed E-state index contributed by atoms with van der Waals surface area (Å²) in [5.74, 6) is 0. The second-order valence-electron chi connectivity index (χ2n) is 7.30. The molecule has 0 unspecified atom stereocenters. The van der Waals surface area contributed by atoms with Crippen LogP contribution in [-0.4, -0.2) is 4.98 Å². The summed E-state index contributed by atoms with van der Waals surface area (Å²) in [6.07, 6.45) is 0. The number of hydrogen-bond acceptors (Lipinski definition) is 1. The van der Waals surface area contributed by atoms with Gasteiger partial charge >= 0.3 is 0 Å². The van der Waals surface area contributed by atoms with Crippen LogP contribution in [0.4, 0.5) is 0 Å². The van der Waals surface area contributed by atoms with Crippen LogP contribution in [-0.2, 0) is 0 Å². The number of thiophene rings is 1. The van der Waals surface area contributed by atoms with E-state index < -0.39 is 0 Å². The quantitative estimate of drug-likeness (QED) is 0.292. The van der Waals surface area contributed by atoms with Crippen LogP contribution >= 0.6 is 11.3 Å². The Kier molecular flexibility index (Phi) is 2.68. The van der Waals surface area contributed by atoms with Crippen LogP contribution in [0.2, 0.25) is 0 Å². The SMILES string of the molecule is Cc1ccc2[nH]c3c(ccc4c3ccc3c5cc(C)ccc5sc34)c2c1. The summed E-state index contributed by atoms with van der Waals surface area (Å²) in [7, 11) is 0. The number of aromatic amines is 1. The molecule has 0 aliphatic carbocycles. The molecule has 0 bridgehead atoms. The molecule has 0 radical (unpaired) electrons. The lowest BCUT2D eigenvalue weighted by molar-refractivity contribution is 1.49. The Morgan fingerprint density at radius 1 is 0.615 bits per heavy atom. The van der Waals surface area contributed by atoms with E-state index in [1.54, 1.807) is 0 Å². The maximum atomic E-state index is 3.66. The fraction of sp³-hybridized carbons (Fsp3) is 0.0833. The molecule has 4 aromatic carbocycles. The van der Waals surface area contributed by atoms with E-state index in [1.807, 2.05) is 11.3 Å². The monoisotopic (exact) mass is 351 g/mol. The Labute approximate surface area is 154 Å². The predicted molar refractivity (Wildman–Crippen MR) is 116 cm³/mol. The molecule has 1 N–H and O–H groups in total. The number of rotatable bonds is 0. The largest absolute Gasteiger partial charge is 0.354 e. The Balaban J connectivity index is 1.81. The molecule has 0 spiro atoms. The lowest BCUT2D eigenvalue weighted by Crippen LogP contribution is -1.77. The van der Waals surface area contributed by atoms with Crippen molar-refractivity contribution in [1.29, 1.82) is 0 Å². The first kappa shape index (κ1) is 14.3. The highest BCUT2D eigenvalue weighted by molar-refractivity contribution is 7.26. The summed E-state index contributed by atoms with van der Waals surface area (Å²) in [5, 5.41) is 8.03. The van der Waals surface area contributed by atoms with Gasteiger partial charge in [0.25, 0.3) is 0 Å². The smallest absolute Gasteiger partial charge is 0.0545 e. The van der Waals surface area contributed by atoms with Crippen molar-refractivity contribution in [3.63, 3.8) is 0 Å². The second kappa shape index (κ2) is 4.87. The van der Waals surface area contributed by atoms with Gasteiger partial charge in [-0.05, 0) is 38.1 Å². The first-order valence-corrected chi connectivity index (χ1v) is 9.77. The van der Waals surface area contributed by atoms with Crippen molar-refractivity contribution in [3.05, 3.63) is 71.8 Å². The van der Waals surface area contributed by atoms with Crippen molar-refractivity contribution in [2.75, 3.05) is 0 Å². The molecule has 6 aromatic rings. The van der Waals surface area contributed by atoms with Crippen LogP contribution in [0, 0.1) is 13.8 Å². The van der Waals surface area contributed by atoms with Gasteiger partial charge in [0.2, 0.25) is 0 Å². The average molecular weight is 351 g/mol. The van der Waals surface area contributed by atoms with E-state index in [9.17, 15) is 0 Å². The minimum absolute atomic E-state index is 1.21. The van der Waals surface area contributed by atoms with Gasteiger partial charge in [-0.3, -0.25) is 0 Å². The second-order valence-corrected chi connectivity index (χ2v) is 8.35. The Hall–Kier alpha value is -2.84. The third kappa shape index (κ3) is 1.80. The number of benzene rings is 4. The molecule has 0 aliphatic rings. The molecule has 2 heteroatoms. The van der Waals surface area contributed by atoms with Gasteiger partial charge in [0, 0.05) is 47.2 Å². The summed E-state index contributed by atoms with van der Waals surface area (Å²) in [4.78, 5) is 3.66. The van der Waals surface area contributed by atoms with Gasteiger partial charge in [-0.15, -0.1) is 11.3 Å². The molecule has 2 aromatic heterocycles. The number of fused-ring (bicyclic) bond motifs is 9. The molecular weight excluding hydrogens is 334 g/mol. The summed E-state index contributed by atoms with van der Waals surface area (Å²) in [5.41, 5.74) is 5.08. The number of hydrogen-bond donors (Lipinski definition) is 1. The van der Waals surface area contributed by atoms with E-state index in [-0.39, 0.29) is 0 Å². The zero-order chi connectivity index (χ0) is 17.4. The van der Waals surface area contributed by atoms with Crippen LogP contribution in [0.3, 0.4) is 0 Å². The number of aromatic nitrogens is 1. The van der Waals surface area contributed by atoms with Crippen LogP contribution < -0.4 is 0 Å². The van der Waals surface area contributed by atoms with Gasteiger partial charge < -0.3 is 4.98 Å². The standard InChI is InChI=1S/C24H17NS/c1-13-3-9-21-19(11-13)16-6-7-17-15(23(16)25-21)5-8-18-20-12-14(2)4-10-22(20)26-24(17)18/h3-12,25H,1-2H3. The number of H-pyrrole nitrogens is 1. The third-order valence-electron chi connectivity index (χ3n) is 5.51. The van der Waals surface area contributed by atoms with Crippen molar-refractivity contribution in [2.24, 2.45) is 0 Å². The van der Waals surface area contributed by atoms with Crippen LogP contribution in [0.15, 0.2) is 60.7 Å². The molecule has 124 valence electrons. The van der Waals surface area contributed by atoms with Crippen LogP contribution in [0.1, 0.15) is 11.1 Å². The minimum Gasteiger partial charge on any atom is -0.354 e. The zero-order valence-corrected chi connectivity index (χ0v) is 15.5. The number of nitrogens with one attached hydrogen (secondary N) is 1. The lowest BCUT2D eigenvalue weighted by atomic mass is 10.0. The van der Waals surface area contributed by atoms with E-state index in [4.69, 9.17) is 0 Å². The lowest BCUT2D eigenvalue weighted by Gasteiger charge is -2.02. The average Bonchev–Trinajstić information content (AvgIpc) is 3.19. The normalized spacial score (nSPS) is 12.2. The third-order valence-corrected chi connectivity index (χ3v) is 6.73. The molecule has 0 amide bonds. The van der Waals surface area contributed by atoms with Crippen molar-refractivity contribution >= 4 is 64.1 Å². The van der Waals surface area contributed by atoms with E-state index in [1.165, 1.54) is 63.9 Å². The molecule has 0 atom stereocenters. The predicted octanol–water partition coefficient (Wildman–Crippen LogP) is 7.46. The maximum absolute atomic E-state index is 3.66. The fourth-order valence-electron chi connectivity index (χ4n) is 4.24. The molecule has 0 fully saturated rings. The van der Waals surface area contributed by atoms with Gasteiger partial charge in [-0.1, -0.05) is 47.5 Å². The van der Waals surface area contributed by atoms with Crippen molar-refractivity contribution in [3.8, 4) is 0 Å². The summed E-state index contributed by atoms with van der Waals surface area (Å²) in [6, 6.07) is 22.6. The minimum atomic E-state index is 1.21. The fourth-order valence-corrected chi connectivity index (χ4v) is 5.45. The Bertz CT molecular complexity index is 1380. The van der Waals surface area contributed by atoms with E-state index in [2.05, 4.69) is 79.5 Å². The highest BCUT2D eigenvalue weighted by Gasteiger charge is 2.12. The molecular formula is C24H17NS. The Morgan fingerprint density at radius 3 is 2.04 bits per heavy atom. The first-order valence-electron chi connectivity index (χ1n) is 8.96. The highest BCUT2D eigenvalue weighted by Crippen LogP contribution is 2.41. The van der Waals surface area contributed by atoms with Crippen molar-refractivity contribution in [2.45, 2.75) is 13.8 Å².